The monoisotopic (exact) mass is 526 g/mol. The topological polar surface area (TPSA) is 50.7 Å². The van der Waals surface area contributed by atoms with Crippen molar-refractivity contribution in [2.75, 3.05) is 5.75 Å². The summed E-state index contributed by atoms with van der Waals surface area (Å²) in [5.41, 5.74) is 5.07. The molecule has 0 fully saturated rings. The van der Waals surface area contributed by atoms with Crippen LogP contribution in [0.4, 0.5) is 0 Å². The Morgan fingerprint density at radius 3 is 2.34 bits per heavy atom. The fraction of sp³-hybridized carbons (Fsp3) is 0.130. The van der Waals surface area contributed by atoms with Gasteiger partial charge in [-0.1, -0.05) is 58.5 Å². The quantitative estimate of drug-likeness (QED) is 0.235. The Kier molecular flexibility index (Phi) is 9.57. The lowest BCUT2D eigenvalue weighted by molar-refractivity contribution is -0.118. The summed E-state index contributed by atoms with van der Waals surface area (Å²) in [7, 11) is 0. The van der Waals surface area contributed by atoms with Gasteiger partial charge >= 0.3 is 0 Å². The molecule has 0 saturated carbocycles. The number of halogens is 4. The molecule has 0 bridgehead atoms. The lowest BCUT2D eigenvalue weighted by Gasteiger charge is -2.07. The maximum atomic E-state index is 12.0. The van der Waals surface area contributed by atoms with Crippen LogP contribution in [0.5, 0.6) is 5.75 Å². The SMILES string of the molecule is O=C(CSCc1c(Cl)cccc1Cl)N/N=C\c1ccc(OCc2ccc(Cl)c(Cl)c2)cc1. The average Bonchev–Trinajstić information content (AvgIpc) is 2.77. The molecule has 166 valence electrons. The predicted molar refractivity (Wildman–Crippen MR) is 136 cm³/mol. The molecule has 0 heterocycles. The molecule has 9 heteroatoms. The molecule has 4 nitrogen and oxygen atoms in total. The van der Waals surface area contributed by atoms with Gasteiger partial charge in [0.15, 0.2) is 0 Å². The van der Waals surface area contributed by atoms with E-state index in [0.29, 0.717) is 38.2 Å². The third-order valence-corrected chi connectivity index (χ3v) is 6.62. The largest absolute Gasteiger partial charge is 0.489 e. The first-order valence-electron chi connectivity index (χ1n) is 9.41. The first kappa shape index (κ1) is 24.7. The Balaban J connectivity index is 1.41. The molecular formula is C23H18Cl4N2O2S. The van der Waals surface area contributed by atoms with Crippen molar-refractivity contribution in [3.05, 3.63) is 97.4 Å². The maximum absolute atomic E-state index is 12.0. The van der Waals surface area contributed by atoms with Crippen LogP contribution in [0.15, 0.2) is 65.8 Å². The molecule has 0 aliphatic rings. The van der Waals surface area contributed by atoms with Gasteiger partial charge < -0.3 is 4.74 Å². The number of carbonyl (C=O) groups is 1. The summed E-state index contributed by atoms with van der Waals surface area (Å²) < 4.78 is 5.74. The van der Waals surface area contributed by atoms with E-state index < -0.39 is 0 Å². The van der Waals surface area contributed by atoms with Crippen molar-refractivity contribution in [1.82, 2.24) is 5.43 Å². The molecule has 0 atom stereocenters. The number of hydrogen-bond acceptors (Lipinski definition) is 4. The number of ether oxygens (including phenoxy) is 1. The van der Waals surface area contributed by atoms with Gasteiger partial charge in [-0.2, -0.15) is 5.10 Å². The van der Waals surface area contributed by atoms with Crippen LogP contribution < -0.4 is 10.2 Å². The van der Waals surface area contributed by atoms with E-state index in [0.717, 1.165) is 16.7 Å². The van der Waals surface area contributed by atoms with Crippen LogP contribution in [0.2, 0.25) is 20.1 Å². The zero-order valence-corrected chi connectivity index (χ0v) is 20.5. The van der Waals surface area contributed by atoms with Crippen LogP contribution >= 0.6 is 58.2 Å². The summed E-state index contributed by atoms with van der Waals surface area (Å²) in [5.74, 6) is 1.27. The second-order valence-corrected chi connectivity index (χ2v) is 9.21. The Labute approximate surface area is 210 Å². The smallest absolute Gasteiger partial charge is 0.250 e. The van der Waals surface area contributed by atoms with Gasteiger partial charge in [0.1, 0.15) is 12.4 Å². The lowest BCUT2D eigenvalue weighted by Crippen LogP contribution is -2.19. The molecule has 1 N–H and O–H groups in total. The summed E-state index contributed by atoms with van der Waals surface area (Å²) in [6, 6.07) is 18.0. The van der Waals surface area contributed by atoms with Crippen LogP contribution in [-0.4, -0.2) is 17.9 Å². The van der Waals surface area contributed by atoms with Crippen molar-refractivity contribution < 1.29 is 9.53 Å². The molecule has 1 amide bonds. The molecule has 0 saturated heterocycles. The zero-order chi connectivity index (χ0) is 22.9. The first-order chi connectivity index (χ1) is 15.4. The molecule has 3 aromatic rings. The van der Waals surface area contributed by atoms with E-state index in [-0.39, 0.29) is 11.7 Å². The number of nitrogens with one attached hydrogen (secondary N) is 1. The zero-order valence-electron chi connectivity index (χ0n) is 16.7. The molecule has 0 aliphatic carbocycles. The minimum absolute atomic E-state index is 0.212. The van der Waals surface area contributed by atoms with Crippen molar-refractivity contribution in [3.63, 3.8) is 0 Å². The van der Waals surface area contributed by atoms with Crippen LogP contribution in [0.1, 0.15) is 16.7 Å². The van der Waals surface area contributed by atoms with Crippen LogP contribution in [-0.2, 0) is 17.2 Å². The van der Waals surface area contributed by atoms with Gasteiger partial charge in [-0.3, -0.25) is 4.79 Å². The van der Waals surface area contributed by atoms with Gasteiger partial charge in [-0.15, -0.1) is 11.8 Å². The molecule has 3 aromatic carbocycles. The molecule has 3 rings (SSSR count). The summed E-state index contributed by atoms with van der Waals surface area (Å²) in [6.45, 7) is 0.372. The Morgan fingerprint density at radius 1 is 0.938 bits per heavy atom. The maximum Gasteiger partial charge on any atom is 0.250 e. The van der Waals surface area contributed by atoms with E-state index in [2.05, 4.69) is 10.5 Å². The number of rotatable bonds is 9. The van der Waals surface area contributed by atoms with Gasteiger partial charge in [-0.25, -0.2) is 5.43 Å². The van der Waals surface area contributed by atoms with Gasteiger partial charge in [0, 0.05) is 15.8 Å². The number of nitrogens with zero attached hydrogens (tertiary/aromatic N) is 1. The fourth-order valence-corrected chi connectivity index (χ4v) is 4.45. The minimum Gasteiger partial charge on any atom is -0.489 e. The second-order valence-electron chi connectivity index (χ2n) is 6.59. The second kappa shape index (κ2) is 12.4. The van der Waals surface area contributed by atoms with E-state index in [1.165, 1.54) is 11.8 Å². The number of amides is 1. The summed E-state index contributed by atoms with van der Waals surface area (Å²) in [5, 5.41) is 6.17. The Morgan fingerprint density at radius 2 is 1.66 bits per heavy atom. The molecule has 0 aliphatic heterocycles. The van der Waals surface area contributed by atoms with E-state index in [1.54, 1.807) is 36.5 Å². The van der Waals surface area contributed by atoms with Crippen LogP contribution in [0, 0.1) is 0 Å². The highest BCUT2D eigenvalue weighted by Gasteiger charge is 2.07. The fourth-order valence-electron chi connectivity index (χ4n) is 2.57. The highest BCUT2D eigenvalue weighted by Crippen LogP contribution is 2.28. The van der Waals surface area contributed by atoms with Gasteiger partial charge in [0.25, 0.3) is 0 Å². The molecular weight excluding hydrogens is 510 g/mol. The summed E-state index contributed by atoms with van der Waals surface area (Å²) >= 11 is 25.6. The highest BCUT2D eigenvalue weighted by molar-refractivity contribution is 7.99. The van der Waals surface area contributed by atoms with E-state index in [9.17, 15) is 4.79 Å². The van der Waals surface area contributed by atoms with Gasteiger partial charge in [0.2, 0.25) is 5.91 Å². The first-order valence-corrected chi connectivity index (χ1v) is 12.1. The summed E-state index contributed by atoms with van der Waals surface area (Å²) in [4.78, 5) is 12.0. The van der Waals surface area contributed by atoms with Gasteiger partial charge in [0.05, 0.1) is 22.0 Å². The standard InChI is InChI=1S/C23H18Cl4N2O2S/c24-19-2-1-3-20(25)18(19)13-32-14-23(30)29-28-11-15-4-7-17(8-5-15)31-12-16-6-9-21(26)22(27)10-16/h1-11H,12-14H2,(H,29,30)/b28-11-. The normalized spacial score (nSPS) is 11.0. The molecule has 0 radical (unpaired) electrons. The number of hydrazone groups is 1. The third-order valence-electron chi connectivity index (χ3n) is 4.21. The lowest BCUT2D eigenvalue weighted by atomic mass is 10.2. The molecule has 0 unspecified atom stereocenters. The van der Waals surface area contributed by atoms with E-state index in [4.69, 9.17) is 51.1 Å². The summed E-state index contributed by atoms with van der Waals surface area (Å²) in [6.07, 6.45) is 1.57. The Bertz CT molecular complexity index is 1090. The van der Waals surface area contributed by atoms with E-state index in [1.807, 2.05) is 30.3 Å². The van der Waals surface area contributed by atoms with Crippen molar-refractivity contribution in [1.29, 1.82) is 0 Å². The molecule has 0 spiro atoms. The molecule has 32 heavy (non-hydrogen) atoms. The van der Waals surface area contributed by atoms with Crippen molar-refractivity contribution in [3.8, 4) is 5.75 Å². The van der Waals surface area contributed by atoms with Crippen molar-refractivity contribution in [2.45, 2.75) is 12.4 Å². The minimum atomic E-state index is -0.212. The highest BCUT2D eigenvalue weighted by atomic mass is 35.5. The number of carbonyl (C=O) groups excluding carboxylic acids is 1. The van der Waals surface area contributed by atoms with Crippen LogP contribution in [0.3, 0.4) is 0 Å². The predicted octanol–water partition coefficient (Wildman–Crippen LogP) is 7.26. The third kappa shape index (κ3) is 7.61. The van der Waals surface area contributed by atoms with E-state index >= 15 is 0 Å². The van der Waals surface area contributed by atoms with Gasteiger partial charge in [-0.05, 0) is 65.2 Å². The number of hydrogen-bond donors (Lipinski definition) is 1. The average molecular weight is 528 g/mol. The van der Waals surface area contributed by atoms with Crippen LogP contribution in [0.25, 0.3) is 0 Å². The number of thioether (sulfide) groups is 1. The number of benzene rings is 3. The Hall–Kier alpha value is -1.89. The van der Waals surface area contributed by atoms with Crippen molar-refractivity contribution >= 4 is 70.3 Å². The van der Waals surface area contributed by atoms with Crippen molar-refractivity contribution in [2.24, 2.45) is 5.10 Å². The molecule has 0 aromatic heterocycles.